The molecule has 0 radical (unpaired) electrons. The summed E-state index contributed by atoms with van der Waals surface area (Å²) in [6.07, 6.45) is 11.0. The van der Waals surface area contributed by atoms with Gasteiger partial charge in [-0.25, -0.2) is 0 Å². The van der Waals surface area contributed by atoms with E-state index in [1.54, 1.807) is 0 Å². The van der Waals surface area contributed by atoms with E-state index in [1.165, 1.54) is 12.8 Å². The van der Waals surface area contributed by atoms with Gasteiger partial charge in [0.15, 0.2) is 0 Å². The second-order valence-corrected chi connectivity index (χ2v) is 17.0. The van der Waals surface area contributed by atoms with Gasteiger partial charge in [-0.15, -0.1) is 0 Å². The highest BCUT2D eigenvalue weighted by Gasteiger charge is 2.29. The van der Waals surface area contributed by atoms with E-state index in [2.05, 4.69) is 36.6 Å². The molecule has 0 aromatic heterocycles. The molecule has 2 aliphatic heterocycles. The van der Waals surface area contributed by atoms with Crippen molar-refractivity contribution in [1.29, 1.82) is 0 Å². The van der Waals surface area contributed by atoms with Gasteiger partial charge in [-0.3, -0.25) is 0 Å². The van der Waals surface area contributed by atoms with Crippen molar-refractivity contribution < 1.29 is 55.6 Å². The zero-order valence-electron chi connectivity index (χ0n) is 28.6. The van der Waals surface area contributed by atoms with Crippen molar-refractivity contribution in [2.75, 3.05) is 132 Å². The summed E-state index contributed by atoms with van der Waals surface area (Å²) in [5.41, 5.74) is 4.30. The standard InChI is InChI=1S/C32H62O12Si2/c1-45(41-27-23-37-19-15-33-11-12-34-16-20-38-24-28-42-45)31-9-7-5-3-4-6-8-10-32-46(2)43-29-25-39-21-17-35-13-14-36-18-22-40-26-30-44-46/h9-10,31-32H,3-8,11-30H2,1-2H3/b31-9-,32-10?. The van der Waals surface area contributed by atoms with Crippen molar-refractivity contribution in [2.45, 2.75) is 51.6 Å². The Morgan fingerprint density at radius 1 is 0.326 bits per heavy atom. The van der Waals surface area contributed by atoms with Gasteiger partial charge in [-0.05, 0) is 50.2 Å². The summed E-state index contributed by atoms with van der Waals surface area (Å²) in [7, 11) is -4.94. The minimum Gasteiger partial charge on any atom is -0.389 e. The SMILES string of the molecule is C[Si]1(C=CCCCCCC/C=C\[Si]2(C)OCCOCCOCCOCCOCCO2)OCCOCCOCCOCCOCCO1. The van der Waals surface area contributed by atoms with Crippen LogP contribution in [0.1, 0.15) is 38.5 Å². The van der Waals surface area contributed by atoms with E-state index in [0.717, 1.165) is 25.7 Å². The number of unbranched alkanes of at least 4 members (excludes halogenated alkanes) is 5. The predicted octanol–water partition coefficient (Wildman–Crippen LogP) is 3.89. The Labute approximate surface area is 279 Å². The number of ether oxygens (including phenoxy) is 8. The van der Waals surface area contributed by atoms with Crippen LogP contribution in [0.5, 0.6) is 0 Å². The Balaban J connectivity index is 1.65. The quantitative estimate of drug-likeness (QED) is 0.258. The van der Waals surface area contributed by atoms with E-state index in [4.69, 9.17) is 55.6 Å². The van der Waals surface area contributed by atoms with E-state index >= 15 is 0 Å². The number of hydrogen-bond donors (Lipinski definition) is 0. The summed E-state index contributed by atoms with van der Waals surface area (Å²) in [6, 6.07) is 0. The largest absolute Gasteiger partial charge is 0.389 e. The van der Waals surface area contributed by atoms with Crippen LogP contribution in [0.4, 0.5) is 0 Å². The molecule has 2 fully saturated rings. The van der Waals surface area contributed by atoms with Crippen LogP contribution in [0.2, 0.25) is 13.1 Å². The predicted molar refractivity (Wildman–Crippen MR) is 180 cm³/mol. The van der Waals surface area contributed by atoms with Crippen LogP contribution in [-0.2, 0) is 55.6 Å². The first-order valence-corrected chi connectivity index (χ1v) is 21.9. The van der Waals surface area contributed by atoms with Crippen LogP contribution in [0.3, 0.4) is 0 Å². The maximum absolute atomic E-state index is 6.18. The zero-order valence-corrected chi connectivity index (χ0v) is 30.6. The molecule has 0 amide bonds. The Morgan fingerprint density at radius 3 is 0.783 bits per heavy atom. The molecule has 0 atom stereocenters. The maximum Gasteiger partial charge on any atom is 0.361 e. The molecule has 12 nitrogen and oxygen atoms in total. The fourth-order valence-electron chi connectivity index (χ4n) is 4.49. The molecular weight excluding hydrogens is 633 g/mol. The smallest absolute Gasteiger partial charge is 0.361 e. The molecule has 0 aromatic carbocycles. The molecular formula is C32H62O12Si2. The van der Waals surface area contributed by atoms with Gasteiger partial charge in [-0.1, -0.05) is 25.0 Å². The third kappa shape index (κ3) is 24.6. The van der Waals surface area contributed by atoms with Crippen molar-refractivity contribution in [3.05, 3.63) is 23.6 Å². The van der Waals surface area contributed by atoms with Gasteiger partial charge in [0.1, 0.15) is 0 Å². The van der Waals surface area contributed by atoms with Gasteiger partial charge >= 0.3 is 17.1 Å². The van der Waals surface area contributed by atoms with Gasteiger partial charge in [0.2, 0.25) is 0 Å². The lowest BCUT2D eigenvalue weighted by Gasteiger charge is -2.24. The first-order chi connectivity index (χ1) is 22.6. The Hall–Kier alpha value is -0.566. The lowest BCUT2D eigenvalue weighted by Crippen LogP contribution is -2.39. The van der Waals surface area contributed by atoms with Gasteiger partial charge in [-0.2, -0.15) is 0 Å². The van der Waals surface area contributed by atoms with E-state index in [-0.39, 0.29) is 0 Å². The molecule has 0 bridgehead atoms. The van der Waals surface area contributed by atoms with Gasteiger partial charge in [0.05, 0.1) is 132 Å². The molecule has 46 heavy (non-hydrogen) atoms. The molecule has 0 N–H and O–H groups in total. The summed E-state index contributed by atoms with van der Waals surface area (Å²) in [5, 5.41) is 0. The van der Waals surface area contributed by atoms with Crippen molar-refractivity contribution >= 4 is 17.1 Å². The summed E-state index contributed by atoms with van der Waals surface area (Å²) in [6.45, 7) is 14.8. The molecule has 2 heterocycles. The van der Waals surface area contributed by atoms with Gasteiger partial charge < -0.3 is 55.6 Å². The first kappa shape index (κ1) is 41.6. The lowest BCUT2D eigenvalue weighted by atomic mass is 10.1. The minimum absolute atomic E-state index is 0.495. The number of rotatable bonds is 9. The fraction of sp³-hybridized carbons (Fsp3) is 0.875. The zero-order chi connectivity index (χ0) is 32.7. The highest BCUT2D eigenvalue weighted by molar-refractivity contribution is 6.71. The van der Waals surface area contributed by atoms with Crippen molar-refractivity contribution in [2.24, 2.45) is 0 Å². The summed E-state index contributed by atoms with van der Waals surface area (Å²) < 4.78 is 69.2. The molecule has 2 aliphatic rings. The molecule has 270 valence electrons. The monoisotopic (exact) mass is 694 g/mol. The molecule has 0 aromatic rings. The molecule has 0 unspecified atom stereocenters. The minimum atomic E-state index is -2.47. The van der Waals surface area contributed by atoms with Crippen LogP contribution in [0.25, 0.3) is 0 Å². The lowest BCUT2D eigenvalue weighted by molar-refractivity contribution is -0.00426. The van der Waals surface area contributed by atoms with Gasteiger partial charge in [0, 0.05) is 0 Å². The first-order valence-electron chi connectivity index (χ1n) is 17.2. The summed E-state index contributed by atoms with van der Waals surface area (Å²) in [4.78, 5) is 0. The van der Waals surface area contributed by atoms with E-state index in [9.17, 15) is 0 Å². The Morgan fingerprint density at radius 2 is 0.543 bits per heavy atom. The average molecular weight is 695 g/mol. The third-order valence-corrected chi connectivity index (χ3v) is 11.8. The molecule has 0 aliphatic carbocycles. The average Bonchev–Trinajstić information content (AvgIpc) is 3.05. The fourth-order valence-corrected chi connectivity index (χ4v) is 8.18. The normalized spacial score (nSPS) is 24.0. The molecule has 2 rings (SSSR count). The van der Waals surface area contributed by atoms with E-state index < -0.39 is 17.1 Å². The molecule has 14 heteroatoms. The van der Waals surface area contributed by atoms with Crippen molar-refractivity contribution in [3.63, 3.8) is 0 Å². The Bertz CT molecular complexity index is 650. The topological polar surface area (TPSA) is 111 Å². The molecule has 0 spiro atoms. The van der Waals surface area contributed by atoms with Crippen LogP contribution in [0, 0.1) is 0 Å². The summed E-state index contributed by atoms with van der Waals surface area (Å²) in [5.74, 6) is 0. The van der Waals surface area contributed by atoms with E-state index in [0.29, 0.717) is 132 Å². The Kier molecular flexibility index (Phi) is 26.6. The van der Waals surface area contributed by atoms with Crippen molar-refractivity contribution in [3.8, 4) is 0 Å². The van der Waals surface area contributed by atoms with E-state index in [1.807, 2.05) is 0 Å². The number of hydrogen-bond acceptors (Lipinski definition) is 12. The van der Waals surface area contributed by atoms with Crippen LogP contribution in [-0.4, -0.2) is 149 Å². The second kappa shape index (κ2) is 29.4. The highest BCUT2D eigenvalue weighted by Crippen LogP contribution is 2.14. The van der Waals surface area contributed by atoms with Crippen molar-refractivity contribution in [1.82, 2.24) is 0 Å². The number of allylic oxidation sites excluding steroid dienone is 2. The van der Waals surface area contributed by atoms with Crippen LogP contribution in [0.15, 0.2) is 23.6 Å². The third-order valence-electron chi connectivity index (χ3n) is 7.03. The highest BCUT2D eigenvalue weighted by atomic mass is 28.4. The van der Waals surface area contributed by atoms with Crippen LogP contribution < -0.4 is 0 Å². The summed E-state index contributed by atoms with van der Waals surface area (Å²) >= 11 is 0. The second-order valence-electron chi connectivity index (χ2n) is 11.1. The maximum atomic E-state index is 6.18. The van der Waals surface area contributed by atoms with Crippen LogP contribution >= 0.6 is 0 Å². The van der Waals surface area contributed by atoms with Gasteiger partial charge in [0.25, 0.3) is 0 Å². The molecule has 2 saturated heterocycles. The molecule has 0 saturated carbocycles.